The van der Waals surface area contributed by atoms with E-state index in [4.69, 9.17) is 4.74 Å². The number of hydrogen-bond acceptors (Lipinski definition) is 3. The standard InChI is InChI=1S/C25H22FNO2S/c1-17(2)21-14-23-24(15-22(21)26)30-13-12-25(28)27(23)16-18-8-10-20(11-9-18)29-19-6-4-3-5-7-19/h3-11,14-15H,1,12-13,16H2,2H3. The number of allylic oxidation sites excluding steroid dienone is 1. The van der Waals surface area contributed by atoms with Crippen molar-refractivity contribution in [3.63, 3.8) is 0 Å². The molecule has 1 aliphatic rings. The Balaban J connectivity index is 1.60. The molecule has 0 saturated heterocycles. The third-order valence-electron chi connectivity index (χ3n) is 4.92. The predicted molar refractivity (Wildman–Crippen MR) is 121 cm³/mol. The lowest BCUT2D eigenvalue weighted by atomic mass is 10.1. The Bertz CT molecular complexity index is 1080. The molecule has 0 bridgehead atoms. The van der Waals surface area contributed by atoms with E-state index in [-0.39, 0.29) is 11.7 Å². The Morgan fingerprint density at radius 3 is 2.50 bits per heavy atom. The third-order valence-corrected chi connectivity index (χ3v) is 5.96. The first-order valence-corrected chi connectivity index (χ1v) is 10.7. The van der Waals surface area contributed by atoms with E-state index in [9.17, 15) is 9.18 Å². The Hall–Kier alpha value is -3.05. The van der Waals surface area contributed by atoms with Crippen molar-refractivity contribution < 1.29 is 13.9 Å². The number of para-hydroxylation sites is 1. The van der Waals surface area contributed by atoms with Crippen molar-refractivity contribution in [2.24, 2.45) is 0 Å². The first-order chi connectivity index (χ1) is 14.5. The van der Waals surface area contributed by atoms with E-state index < -0.39 is 0 Å². The molecule has 1 heterocycles. The van der Waals surface area contributed by atoms with Crippen LogP contribution in [0.1, 0.15) is 24.5 Å². The van der Waals surface area contributed by atoms with Crippen molar-refractivity contribution in [3.8, 4) is 11.5 Å². The molecule has 0 N–H and O–H groups in total. The van der Waals surface area contributed by atoms with E-state index in [1.165, 1.54) is 17.8 Å². The van der Waals surface area contributed by atoms with Gasteiger partial charge in [0.2, 0.25) is 5.91 Å². The van der Waals surface area contributed by atoms with Crippen LogP contribution >= 0.6 is 11.8 Å². The lowest BCUT2D eigenvalue weighted by Gasteiger charge is -2.24. The van der Waals surface area contributed by atoms with Crippen LogP contribution in [0.5, 0.6) is 11.5 Å². The van der Waals surface area contributed by atoms with Gasteiger partial charge in [0.15, 0.2) is 0 Å². The van der Waals surface area contributed by atoms with Crippen molar-refractivity contribution in [3.05, 3.63) is 90.3 Å². The second kappa shape index (κ2) is 8.76. The fourth-order valence-electron chi connectivity index (χ4n) is 3.36. The molecule has 4 rings (SSSR count). The Labute approximate surface area is 180 Å². The maximum atomic E-state index is 14.4. The minimum Gasteiger partial charge on any atom is -0.457 e. The number of fused-ring (bicyclic) bond motifs is 1. The lowest BCUT2D eigenvalue weighted by Crippen LogP contribution is -2.30. The molecular formula is C25H22FNO2S. The molecule has 0 atom stereocenters. The molecule has 0 fully saturated rings. The van der Waals surface area contributed by atoms with Crippen LogP contribution in [-0.2, 0) is 11.3 Å². The number of amides is 1. The summed E-state index contributed by atoms with van der Waals surface area (Å²) >= 11 is 1.51. The van der Waals surface area contributed by atoms with Crippen LogP contribution in [0.25, 0.3) is 5.57 Å². The number of anilines is 1. The van der Waals surface area contributed by atoms with Gasteiger partial charge in [-0.2, -0.15) is 0 Å². The maximum Gasteiger partial charge on any atom is 0.228 e. The fourth-order valence-corrected chi connectivity index (χ4v) is 4.36. The summed E-state index contributed by atoms with van der Waals surface area (Å²) in [6.45, 7) is 6.05. The van der Waals surface area contributed by atoms with Crippen molar-refractivity contribution >= 4 is 28.9 Å². The second-order valence-electron chi connectivity index (χ2n) is 7.22. The Morgan fingerprint density at radius 2 is 1.80 bits per heavy atom. The zero-order valence-electron chi connectivity index (χ0n) is 16.7. The van der Waals surface area contributed by atoms with Crippen molar-refractivity contribution in [2.75, 3.05) is 10.7 Å². The highest BCUT2D eigenvalue weighted by Crippen LogP contribution is 2.38. The molecule has 3 aromatic carbocycles. The van der Waals surface area contributed by atoms with Crippen molar-refractivity contribution in [1.82, 2.24) is 0 Å². The van der Waals surface area contributed by atoms with E-state index in [1.807, 2.05) is 54.6 Å². The first kappa shape index (κ1) is 20.2. The smallest absolute Gasteiger partial charge is 0.228 e. The van der Waals surface area contributed by atoms with E-state index in [1.54, 1.807) is 17.9 Å². The lowest BCUT2D eigenvalue weighted by molar-refractivity contribution is -0.118. The van der Waals surface area contributed by atoms with Crippen LogP contribution in [0, 0.1) is 5.82 Å². The molecule has 0 aliphatic carbocycles. The monoisotopic (exact) mass is 419 g/mol. The number of rotatable bonds is 5. The van der Waals surface area contributed by atoms with Gasteiger partial charge in [0.05, 0.1) is 12.2 Å². The molecule has 152 valence electrons. The van der Waals surface area contributed by atoms with Crippen LogP contribution in [-0.4, -0.2) is 11.7 Å². The van der Waals surface area contributed by atoms with Crippen LogP contribution in [0.2, 0.25) is 0 Å². The maximum absolute atomic E-state index is 14.4. The summed E-state index contributed by atoms with van der Waals surface area (Å²) in [4.78, 5) is 15.4. The molecule has 0 radical (unpaired) electrons. The average Bonchev–Trinajstić information content (AvgIpc) is 2.88. The molecule has 3 nitrogen and oxygen atoms in total. The summed E-state index contributed by atoms with van der Waals surface area (Å²) in [6.07, 6.45) is 0.415. The molecule has 0 spiro atoms. The average molecular weight is 420 g/mol. The van der Waals surface area contributed by atoms with E-state index >= 15 is 0 Å². The number of nitrogens with zero attached hydrogens (tertiary/aromatic N) is 1. The van der Waals surface area contributed by atoms with Gasteiger partial charge in [0, 0.05) is 22.6 Å². The van der Waals surface area contributed by atoms with Crippen LogP contribution < -0.4 is 9.64 Å². The minimum atomic E-state index is -0.300. The van der Waals surface area contributed by atoms with Gasteiger partial charge in [-0.15, -0.1) is 11.8 Å². The number of ether oxygens (including phenoxy) is 1. The summed E-state index contributed by atoms with van der Waals surface area (Å²) in [5.41, 5.74) is 2.80. The molecule has 3 aromatic rings. The minimum absolute atomic E-state index is 0.0325. The highest BCUT2D eigenvalue weighted by atomic mass is 32.2. The Morgan fingerprint density at radius 1 is 1.10 bits per heavy atom. The molecule has 5 heteroatoms. The molecular weight excluding hydrogens is 397 g/mol. The van der Waals surface area contributed by atoms with Crippen molar-refractivity contribution in [2.45, 2.75) is 24.8 Å². The first-order valence-electron chi connectivity index (χ1n) is 9.76. The van der Waals surface area contributed by atoms with Gasteiger partial charge in [-0.25, -0.2) is 4.39 Å². The summed E-state index contributed by atoms with van der Waals surface area (Å²) in [5.74, 6) is 1.87. The van der Waals surface area contributed by atoms with E-state index in [0.29, 0.717) is 29.9 Å². The molecule has 0 unspecified atom stereocenters. The number of halogens is 1. The molecule has 0 aromatic heterocycles. The highest BCUT2D eigenvalue weighted by molar-refractivity contribution is 7.99. The largest absolute Gasteiger partial charge is 0.457 e. The molecule has 1 aliphatic heterocycles. The number of benzene rings is 3. The molecule has 1 amide bonds. The number of carbonyl (C=O) groups is 1. The third kappa shape index (κ3) is 4.41. The summed E-state index contributed by atoms with van der Waals surface area (Å²) in [6, 6.07) is 20.5. The van der Waals surface area contributed by atoms with Gasteiger partial charge < -0.3 is 9.64 Å². The zero-order valence-corrected chi connectivity index (χ0v) is 17.5. The van der Waals surface area contributed by atoms with Crippen molar-refractivity contribution in [1.29, 1.82) is 0 Å². The topological polar surface area (TPSA) is 29.5 Å². The van der Waals surface area contributed by atoms with Crippen LogP contribution in [0.4, 0.5) is 10.1 Å². The van der Waals surface area contributed by atoms with Crippen LogP contribution in [0.3, 0.4) is 0 Å². The van der Waals surface area contributed by atoms with E-state index in [2.05, 4.69) is 6.58 Å². The number of thioether (sulfide) groups is 1. The SMILES string of the molecule is C=C(C)c1cc2c(cc1F)SCCC(=O)N2Cc1ccc(Oc2ccccc2)cc1. The summed E-state index contributed by atoms with van der Waals surface area (Å²) < 4.78 is 20.3. The van der Waals surface area contributed by atoms with Gasteiger partial charge >= 0.3 is 0 Å². The van der Waals surface area contributed by atoms with Gasteiger partial charge in [-0.05, 0) is 54.5 Å². The zero-order chi connectivity index (χ0) is 21.1. The van der Waals surface area contributed by atoms with Gasteiger partial charge in [-0.3, -0.25) is 4.79 Å². The Kier molecular flexibility index (Phi) is 5.91. The van der Waals surface area contributed by atoms with Gasteiger partial charge in [0.1, 0.15) is 17.3 Å². The summed E-state index contributed by atoms with van der Waals surface area (Å²) in [7, 11) is 0. The van der Waals surface area contributed by atoms with Gasteiger partial charge in [-0.1, -0.05) is 36.9 Å². The van der Waals surface area contributed by atoms with E-state index in [0.717, 1.165) is 27.6 Å². The highest BCUT2D eigenvalue weighted by Gasteiger charge is 2.25. The summed E-state index contributed by atoms with van der Waals surface area (Å²) in [5, 5.41) is 0. The van der Waals surface area contributed by atoms with Crippen LogP contribution in [0.15, 0.2) is 78.2 Å². The number of hydrogen-bond donors (Lipinski definition) is 0. The van der Waals surface area contributed by atoms with Gasteiger partial charge in [0.25, 0.3) is 0 Å². The molecule has 0 saturated carbocycles. The predicted octanol–water partition coefficient (Wildman–Crippen LogP) is 6.68. The number of carbonyl (C=O) groups excluding carboxylic acids is 1. The normalized spacial score (nSPS) is 13.5. The second-order valence-corrected chi connectivity index (χ2v) is 8.35. The fraction of sp³-hybridized carbons (Fsp3) is 0.160. The quantitative estimate of drug-likeness (QED) is 0.462. The molecule has 30 heavy (non-hydrogen) atoms.